The molecule has 45 heavy (non-hydrogen) atoms. The summed E-state index contributed by atoms with van der Waals surface area (Å²) in [6, 6.07) is 16.5. The van der Waals surface area contributed by atoms with Crippen molar-refractivity contribution in [2.75, 3.05) is 31.6 Å². The summed E-state index contributed by atoms with van der Waals surface area (Å²) in [5.74, 6) is -1.44. The number of carboxylic acid groups (broad SMARTS) is 1. The zero-order valence-corrected chi connectivity index (χ0v) is 26.3. The first-order chi connectivity index (χ1) is 21.4. The highest BCUT2D eigenvalue weighted by molar-refractivity contribution is 7.89. The number of amides is 2. The number of carbonyl (C=O) groups excluding carboxylic acids is 2. The quantitative estimate of drug-likeness (QED) is 0.207. The Morgan fingerprint density at radius 1 is 1.04 bits per heavy atom. The van der Waals surface area contributed by atoms with E-state index in [1.54, 1.807) is 37.1 Å². The molecule has 3 atom stereocenters. The first-order valence-electron chi connectivity index (χ1n) is 14.6. The lowest BCUT2D eigenvalue weighted by Gasteiger charge is -2.25. The molecule has 12 nitrogen and oxygen atoms in total. The number of nitrogens with zero attached hydrogens (tertiary/aromatic N) is 2. The molecule has 2 aromatic carbocycles. The van der Waals surface area contributed by atoms with Crippen molar-refractivity contribution in [3.63, 3.8) is 0 Å². The first-order valence-corrected chi connectivity index (χ1v) is 16.1. The van der Waals surface area contributed by atoms with E-state index in [9.17, 15) is 27.9 Å². The third kappa shape index (κ3) is 9.33. The Morgan fingerprint density at radius 3 is 2.38 bits per heavy atom. The summed E-state index contributed by atoms with van der Waals surface area (Å²) in [6.45, 7) is 4.96. The van der Waals surface area contributed by atoms with E-state index >= 15 is 0 Å². The van der Waals surface area contributed by atoms with Gasteiger partial charge in [0, 0.05) is 25.8 Å². The minimum atomic E-state index is -4.19. The van der Waals surface area contributed by atoms with Gasteiger partial charge in [-0.05, 0) is 56.0 Å². The smallest absolute Gasteiger partial charge is 0.323 e. The number of hydrogen-bond donors (Lipinski definition) is 4. The number of benzene rings is 2. The molecule has 0 saturated carbocycles. The van der Waals surface area contributed by atoms with Gasteiger partial charge in [0.05, 0.1) is 23.5 Å². The fraction of sp³-hybridized carbons (Fsp3) is 0.375. The third-order valence-electron chi connectivity index (χ3n) is 7.50. The average Bonchev–Trinajstić information content (AvgIpc) is 3.40. The van der Waals surface area contributed by atoms with Crippen LogP contribution in [0.5, 0.6) is 0 Å². The monoisotopic (exact) mass is 637 g/mol. The summed E-state index contributed by atoms with van der Waals surface area (Å²) in [6.07, 6.45) is 1.93. The summed E-state index contributed by atoms with van der Waals surface area (Å²) >= 11 is 0. The van der Waals surface area contributed by atoms with Crippen LogP contribution in [-0.4, -0.2) is 85.6 Å². The molecule has 4 rings (SSSR count). The number of carbonyl (C=O) groups is 3. The fourth-order valence-electron chi connectivity index (χ4n) is 5.53. The van der Waals surface area contributed by atoms with Crippen LogP contribution in [-0.2, 0) is 35.6 Å². The van der Waals surface area contributed by atoms with Crippen LogP contribution in [0.2, 0.25) is 0 Å². The maximum Gasteiger partial charge on any atom is 0.323 e. The summed E-state index contributed by atoms with van der Waals surface area (Å²) in [4.78, 5) is 43.8. The molecule has 1 aromatic heterocycles. The lowest BCUT2D eigenvalue weighted by molar-refractivity contribution is -0.139. The van der Waals surface area contributed by atoms with E-state index in [2.05, 4.69) is 20.3 Å². The van der Waals surface area contributed by atoms with Gasteiger partial charge in [-0.1, -0.05) is 54.1 Å². The van der Waals surface area contributed by atoms with Gasteiger partial charge in [0.2, 0.25) is 21.8 Å². The lowest BCUT2D eigenvalue weighted by atomic mass is 10.1. The Labute approximate surface area is 263 Å². The van der Waals surface area contributed by atoms with E-state index in [4.69, 9.17) is 4.74 Å². The van der Waals surface area contributed by atoms with Crippen LogP contribution < -0.4 is 15.4 Å². The Balaban J connectivity index is 1.33. The average molecular weight is 638 g/mol. The number of rotatable bonds is 14. The van der Waals surface area contributed by atoms with Crippen molar-refractivity contribution in [2.24, 2.45) is 0 Å². The molecule has 2 heterocycles. The SMILES string of the molecule is Cc1cc(C)c(S(=O)(=O)N[C@@H](CNC(=O)CO[C@@H]2C[C@@H](CNc3ccccn3)N(C(=O)Cc3ccccc3)C2)C(=O)O)c(C)c1. The molecule has 13 heteroatoms. The molecular weight excluding hydrogens is 598 g/mol. The standard InChI is InChI=1S/C32H39N5O7S/c1-21-13-22(2)31(23(3)14-21)45(42,43)36-27(32(40)41)18-35-29(38)20-44-26-16-25(17-34-28-11-7-8-12-33-28)37(19-26)30(39)15-24-9-5-4-6-10-24/h4-14,25-27,36H,15-20H2,1-3H3,(H,33,34)(H,35,38)(H,40,41)/t25-,26+,27-/m0/s1. The molecular formula is C32H39N5O7S. The minimum Gasteiger partial charge on any atom is -0.480 e. The maximum absolute atomic E-state index is 13.3. The van der Waals surface area contributed by atoms with Crippen LogP contribution in [0.4, 0.5) is 5.82 Å². The summed E-state index contributed by atoms with van der Waals surface area (Å²) in [7, 11) is -4.19. The van der Waals surface area contributed by atoms with Gasteiger partial charge in [-0.2, -0.15) is 4.72 Å². The maximum atomic E-state index is 13.3. The fourth-order valence-corrected chi connectivity index (χ4v) is 7.17. The van der Waals surface area contributed by atoms with E-state index < -0.39 is 40.6 Å². The number of nitrogens with one attached hydrogen (secondary N) is 3. The highest BCUT2D eigenvalue weighted by Gasteiger charge is 2.36. The van der Waals surface area contributed by atoms with Crippen LogP contribution in [0.15, 0.2) is 71.8 Å². The Hall–Kier alpha value is -4.33. The van der Waals surface area contributed by atoms with Gasteiger partial charge >= 0.3 is 5.97 Å². The number of aryl methyl sites for hydroxylation is 3. The van der Waals surface area contributed by atoms with E-state index in [0.29, 0.717) is 29.9 Å². The second-order valence-corrected chi connectivity index (χ2v) is 12.8. The second-order valence-electron chi connectivity index (χ2n) is 11.2. The molecule has 0 bridgehead atoms. The van der Waals surface area contributed by atoms with Crippen LogP contribution >= 0.6 is 0 Å². The van der Waals surface area contributed by atoms with Crippen molar-refractivity contribution in [3.05, 3.63) is 89.1 Å². The number of ether oxygens (including phenoxy) is 1. The van der Waals surface area contributed by atoms with Gasteiger partial charge in [0.15, 0.2) is 0 Å². The number of likely N-dealkylation sites (tertiary alicyclic amines) is 1. The number of anilines is 1. The van der Waals surface area contributed by atoms with Gasteiger partial charge in [0.25, 0.3) is 0 Å². The van der Waals surface area contributed by atoms with Gasteiger partial charge in [-0.25, -0.2) is 13.4 Å². The molecule has 0 unspecified atom stereocenters. The van der Waals surface area contributed by atoms with Gasteiger partial charge in [0.1, 0.15) is 18.5 Å². The molecule has 240 valence electrons. The van der Waals surface area contributed by atoms with Crippen LogP contribution in [0.25, 0.3) is 0 Å². The minimum absolute atomic E-state index is 0.00805. The topological polar surface area (TPSA) is 167 Å². The van der Waals surface area contributed by atoms with Crippen molar-refractivity contribution >= 4 is 33.6 Å². The number of aromatic nitrogens is 1. The largest absolute Gasteiger partial charge is 0.480 e. The highest BCUT2D eigenvalue weighted by Crippen LogP contribution is 2.23. The molecule has 1 aliphatic heterocycles. The Bertz CT molecular complexity index is 1580. The number of pyridine rings is 1. The molecule has 0 aliphatic carbocycles. The molecule has 0 radical (unpaired) electrons. The summed E-state index contributed by atoms with van der Waals surface area (Å²) in [5, 5.41) is 15.4. The molecule has 1 saturated heterocycles. The van der Waals surface area contributed by atoms with Crippen molar-refractivity contribution in [2.45, 2.75) is 56.7 Å². The van der Waals surface area contributed by atoms with Crippen LogP contribution in [0, 0.1) is 20.8 Å². The van der Waals surface area contributed by atoms with E-state index in [0.717, 1.165) is 11.1 Å². The van der Waals surface area contributed by atoms with Crippen molar-refractivity contribution in [1.82, 2.24) is 19.9 Å². The summed E-state index contributed by atoms with van der Waals surface area (Å²) in [5.41, 5.74) is 2.75. The zero-order chi connectivity index (χ0) is 32.6. The Kier molecular flexibility index (Phi) is 11.3. The second kappa shape index (κ2) is 15.1. The predicted molar refractivity (Wildman–Crippen MR) is 168 cm³/mol. The summed E-state index contributed by atoms with van der Waals surface area (Å²) < 4.78 is 34.2. The molecule has 1 fully saturated rings. The molecule has 4 N–H and O–H groups in total. The highest BCUT2D eigenvalue weighted by atomic mass is 32.2. The predicted octanol–water partition coefficient (Wildman–Crippen LogP) is 2.20. The van der Waals surface area contributed by atoms with Gasteiger partial charge in [-0.15, -0.1) is 0 Å². The van der Waals surface area contributed by atoms with Gasteiger partial charge < -0.3 is 25.4 Å². The van der Waals surface area contributed by atoms with Crippen molar-refractivity contribution in [3.8, 4) is 0 Å². The van der Waals surface area contributed by atoms with E-state index in [1.807, 2.05) is 55.5 Å². The van der Waals surface area contributed by atoms with E-state index in [-0.39, 0.29) is 36.4 Å². The molecule has 3 aromatic rings. The Morgan fingerprint density at radius 2 is 1.73 bits per heavy atom. The number of sulfonamides is 1. The molecule has 2 amide bonds. The number of carboxylic acids is 1. The van der Waals surface area contributed by atoms with E-state index in [1.165, 1.54) is 0 Å². The number of aliphatic carboxylic acids is 1. The van der Waals surface area contributed by atoms with Crippen LogP contribution in [0.3, 0.4) is 0 Å². The number of hydrogen-bond acceptors (Lipinski definition) is 8. The van der Waals surface area contributed by atoms with Crippen LogP contribution in [0.1, 0.15) is 28.7 Å². The van der Waals surface area contributed by atoms with Gasteiger partial charge in [-0.3, -0.25) is 14.4 Å². The van der Waals surface area contributed by atoms with Crippen molar-refractivity contribution < 1.29 is 32.6 Å². The lowest BCUT2D eigenvalue weighted by Crippen LogP contribution is -2.49. The normalized spacial score (nSPS) is 17.1. The van der Waals surface area contributed by atoms with Crippen molar-refractivity contribution in [1.29, 1.82) is 0 Å². The first kappa shape index (κ1) is 33.6. The zero-order valence-electron chi connectivity index (χ0n) is 25.5. The molecule has 0 spiro atoms. The third-order valence-corrected chi connectivity index (χ3v) is 9.28. The molecule has 1 aliphatic rings.